The number of imide groups is 1. The van der Waals surface area contributed by atoms with Crippen molar-refractivity contribution in [2.75, 3.05) is 4.90 Å². The predicted molar refractivity (Wildman–Crippen MR) is 152 cm³/mol. The Morgan fingerprint density at radius 1 is 0.821 bits per heavy atom. The lowest BCUT2D eigenvalue weighted by Crippen LogP contribution is -2.46. The van der Waals surface area contributed by atoms with Crippen LogP contribution < -0.4 is 4.90 Å². The molecule has 0 bridgehead atoms. The number of hydrogen-bond donors (Lipinski definition) is 0. The zero-order valence-electron chi connectivity index (χ0n) is 20.1. The van der Waals surface area contributed by atoms with Crippen LogP contribution in [0.4, 0.5) is 5.69 Å². The number of amides is 2. The first-order valence-corrected chi connectivity index (χ1v) is 13.7. The molecule has 3 aromatic rings. The maximum Gasteiger partial charge on any atom is 0.240 e. The quantitative estimate of drug-likeness (QED) is 0.253. The summed E-state index contributed by atoms with van der Waals surface area (Å²) in [6.45, 7) is 0. The third-order valence-electron chi connectivity index (χ3n) is 7.39. The van der Waals surface area contributed by atoms with E-state index in [1.807, 2.05) is 6.07 Å². The lowest BCUT2D eigenvalue weighted by molar-refractivity contribution is -0.123. The summed E-state index contributed by atoms with van der Waals surface area (Å²) < 4.78 is 0.807. The van der Waals surface area contributed by atoms with Crippen molar-refractivity contribution >= 4 is 68.2 Å². The van der Waals surface area contributed by atoms with Gasteiger partial charge in [-0.2, -0.15) is 0 Å². The SMILES string of the molecule is O=C(C1=C[C@@H]2[C@@H]3C(=O)N(c4ccc(Cl)cc4Cl)C(=O)[C@H]3[C@H](C(=O)c3ccc(Br)cc3)N2C=C1)c1ccccc1. The molecule has 0 aromatic heterocycles. The third-order valence-corrected chi connectivity index (χ3v) is 8.46. The number of ketones is 2. The molecule has 0 radical (unpaired) electrons. The maximum absolute atomic E-state index is 13.9. The molecule has 3 heterocycles. The number of allylic oxidation sites excluding steroid dienone is 2. The molecule has 3 aromatic carbocycles. The fraction of sp³-hybridized carbons (Fsp3) is 0.133. The molecule has 194 valence electrons. The number of carbonyl (C=O) groups is 4. The standard InChI is InChI=1S/C30H19BrCl2N2O4/c31-19-8-6-17(7-9-19)28(37)26-25-24(29(38)35(30(25)39)22-11-10-20(32)15-21(22)33)23-14-18(12-13-34(23)26)27(36)16-4-2-1-3-5-16/h1-15,23-26H/t23-,24+,25-,26-/m1/s1. The van der Waals surface area contributed by atoms with E-state index in [9.17, 15) is 19.2 Å². The molecule has 2 amide bonds. The fourth-order valence-corrected chi connectivity index (χ4v) is 6.40. The van der Waals surface area contributed by atoms with Crippen LogP contribution in [0.2, 0.25) is 10.0 Å². The Hall–Kier alpha value is -3.52. The van der Waals surface area contributed by atoms with Crippen molar-refractivity contribution < 1.29 is 19.2 Å². The molecule has 0 saturated carbocycles. The summed E-state index contributed by atoms with van der Waals surface area (Å²) in [7, 11) is 0. The first-order chi connectivity index (χ1) is 18.8. The van der Waals surface area contributed by atoms with Gasteiger partial charge in [-0.05, 0) is 36.4 Å². The minimum absolute atomic E-state index is 0.149. The van der Waals surface area contributed by atoms with Gasteiger partial charge >= 0.3 is 0 Å². The first-order valence-electron chi connectivity index (χ1n) is 12.2. The fourth-order valence-electron chi connectivity index (χ4n) is 5.64. The molecule has 0 spiro atoms. The summed E-state index contributed by atoms with van der Waals surface area (Å²) in [6, 6.07) is 18.6. The summed E-state index contributed by atoms with van der Waals surface area (Å²) in [5.41, 5.74) is 1.51. The number of benzene rings is 3. The Balaban J connectivity index is 1.44. The highest BCUT2D eigenvalue weighted by Crippen LogP contribution is 2.48. The van der Waals surface area contributed by atoms with E-state index in [0.717, 1.165) is 9.37 Å². The van der Waals surface area contributed by atoms with Gasteiger partial charge in [0, 0.05) is 32.4 Å². The number of nitrogens with zero attached hydrogens (tertiary/aromatic N) is 2. The molecule has 2 saturated heterocycles. The van der Waals surface area contributed by atoms with Crippen molar-refractivity contribution in [3.63, 3.8) is 0 Å². The van der Waals surface area contributed by atoms with Gasteiger partial charge in [-0.1, -0.05) is 87.7 Å². The molecule has 6 nitrogen and oxygen atoms in total. The Morgan fingerprint density at radius 3 is 2.21 bits per heavy atom. The van der Waals surface area contributed by atoms with Gasteiger partial charge in [0.25, 0.3) is 0 Å². The van der Waals surface area contributed by atoms with Crippen LogP contribution >= 0.6 is 39.1 Å². The van der Waals surface area contributed by atoms with Crippen LogP contribution in [0.1, 0.15) is 20.7 Å². The van der Waals surface area contributed by atoms with E-state index in [2.05, 4.69) is 15.9 Å². The third kappa shape index (κ3) is 4.25. The summed E-state index contributed by atoms with van der Waals surface area (Å²) >= 11 is 15.8. The molecule has 2 fully saturated rings. The highest BCUT2D eigenvalue weighted by molar-refractivity contribution is 9.10. The number of Topliss-reactive ketones (excluding diaryl/α,β-unsaturated/α-hetero) is 2. The number of hydrogen-bond acceptors (Lipinski definition) is 5. The second kappa shape index (κ2) is 9.90. The van der Waals surface area contributed by atoms with Gasteiger partial charge in [0.2, 0.25) is 11.8 Å². The van der Waals surface area contributed by atoms with Gasteiger partial charge in [-0.15, -0.1) is 0 Å². The van der Waals surface area contributed by atoms with Crippen molar-refractivity contribution in [2.45, 2.75) is 12.1 Å². The Labute approximate surface area is 242 Å². The average molecular weight is 622 g/mol. The van der Waals surface area contributed by atoms with Gasteiger partial charge in [-0.3, -0.25) is 19.2 Å². The van der Waals surface area contributed by atoms with Crippen LogP contribution in [0.3, 0.4) is 0 Å². The number of fused-ring (bicyclic) bond motifs is 3. The number of carbonyl (C=O) groups excluding carboxylic acids is 4. The highest BCUT2D eigenvalue weighted by Gasteiger charge is 2.63. The lowest BCUT2D eigenvalue weighted by Gasteiger charge is -2.33. The van der Waals surface area contributed by atoms with E-state index in [-0.39, 0.29) is 22.3 Å². The van der Waals surface area contributed by atoms with E-state index in [4.69, 9.17) is 23.2 Å². The first kappa shape index (κ1) is 25.7. The normalized spacial score (nSPS) is 23.5. The van der Waals surface area contributed by atoms with Crippen LogP contribution in [0.25, 0.3) is 0 Å². The summed E-state index contributed by atoms with van der Waals surface area (Å²) in [5, 5.41) is 0.512. The van der Waals surface area contributed by atoms with Crippen molar-refractivity contribution in [1.29, 1.82) is 0 Å². The van der Waals surface area contributed by atoms with Crippen LogP contribution in [0, 0.1) is 11.8 Å². The second-order valence-corrected chi connectivity index (χ2v) is 11.3. The molecule has 39 heavy (non-hydrogen) atoms. The summed E-state index contributed by atoms with van der Waals surface area (Å²) in [6.07, 6.45) is 4.98. The smallest absolute Gasteiger partial charge is 0.240 e. The Morgan fingerprint density at radius 2 is 1.51 bits per heavy atom. The predicted octanol–water partition coefficient (Wildman–Crippen LogP) is 6.13. The van der Waals surface area contributed by atoms with Crippen molar-refractivity contribution in [1.82, 2.24) is 4.90 Å². The molecular formula is C30H19BrCl2N2O4. The molecule has 9 heteroatoms. The van der Waals surface area contributed by atoms with Crippen molar-refractivity contribution in [3.8, 4) is 0 Å². The summed E-state index contributed by atoms with van der Waals surface area (Å²) in [4.78, 5) is 57.8. The molecule has 0 N–H and O–H groups in total. The van der Waals surface area contributed by atoms with E-state index in [1.54, 1.807) is 77.8 Å². The largest absolute Gasteiger partial charge is 0.359 e. The highest BCUT2D eigenvalue weighted by atomic mass is 79.9. The van der Waals surface area contributed by atoms with E-state index >= 15 is 0 Å². The second-order valence-electron chi connectivity index (χ2n) is 9.55. The zero-order valence-corrected chi connectivity index (χ0v) is 23.2. The molecular weight excluding hydrogens is 603 g/mol. The Kier molecular flexibility index (Phi) is 6.53. The molecule has 6 rings (SSSR count). The van der Waals surface area contributed by atoms with Crippen LogP contribution in [0.5, 0.6) is 0 Å². The van der Waals surface area contributed by atoms with Gasteiger partial charge in [0.15, 0.2) is 11.6 Å². The topological polar surface area (TPSA) is 74.8 Å². The molecule has 0 unspecified atom stereocenters. The minimum atomic E-state index is -0.975. The molecule has 3 aliphatic rings. The van der Waals surface area contributed by atoms with E-state index in [1.165, 1.54) is 12.1 Å². The van der Waals surface area contributed by atoms with Crippen molar-refractivity contribution in [2.24, 2.45) is 11.8 Å². The van der Waals surface area contributed by atoms with Gasteiger partial charge in [0.05, 0.1) is 28.6 Å². The Bertz CT molecular complexity index is 1600. The van der Waals surface area contributed by atoms with Gasteiger partial charge in [0.1, 0.15) is 6.04 Å². The van der Waals surface area contributed by atoms with Crippen LogP contribution in [-0.2, 0) is 9.59 Å². The summed E-state index contributed by atoms with van der Waals surface area (Å²) in [5.74, 6) is -3.36. The number of anilines is 1. The van der Waals surface area contributed by atoms with Crippen molar-refractivity contribution in [3.05, 3.63) is 122 Å². The monoisotopic (exact) mass is 620 g/mol. The number of halogens is 3. The van der Waals surface area contributed by atoms with Crippen LogP contribution in [0.15, 0.2) is 101 Å². The minimum Gasteiger partial charge on any atom is -0.359 e. The zero-order chi connectivity index (χ0) is 27.4. The van der Waals surface area contributed by atoms with Gasteiger partial charge in [-0.25, -0.2) is 4.90 Å². The maximum atomic E-state index is 13.9. The van der Waals surface area contributed by atoms with Gasteiger partial charge < -0.3 is 4.90 Å². The van der Waals surface area contributed by atoms with Crippen LogP contribution in [-0.4, -0.2) is 40.4 Å². The lowest BCUT2D eigenvalue weighted by atomic mass is 9.85. The molecule has 4 atom stereocenters. The average Bonchev–Trinajstić information content (AvgIpc) is 3.40. The number of rotatable bonds is 5. The van der Waals surface area contributed by atoms with E-state index in [0.29, 0.717) is 21.7 Å². The van der Waals surface area contributed by atoms with E-state index < -0.39 is 35.7 Å². The molecule has 3 aliphatic heterocycles. The molecule has 0 aliphatic carbocycles.